The molecule has 0 bridgehead atoms. The standard InChI is InChI=1S/C15H18N2S/c1-9-5-3-6-11(10(9)2)14(16)15-17-12-7-4-8-13(12)18-15/h3,5-6,14H,4,7-8,16H2,1-2H3. The van der Waals surface area contributed by atoms with Crippen LogP contribution in [-0.4, -0.2) is 4.98 Å². The fourth-order valence-electron chi connectivity index (χ4n) is 2.59. The topological polar surface area (TPSA) is 38.9 Å². The van der Waals surface area contributed by atoms with E-state index < -0.39 is 0 Å². The number of hydrogen-bond donors (Lipinski definition) is 1. The number of benzene rings is 1. The van der Waals surface area contributed by atoms with Crippen molar-refractivity contribution in [1.29, 1.82) is 0 Å². The second kappa shape index (κ2) is 4.48. The number of rotatable bonds is 2. The molecule has 1 aliphatic rings. The SMILES string of the molecule is Cc1cccc(C(N)c2nc3c(s2)CCC3)c1C. The van der Waals surface area contributed by atoms with Gasteiger partial charge in [-0.2, -0.15) is 0 Å². The molecule has 0 amide bonds. The molecule has 3 rings (SSSR count). The predicted molar refractivity (Wildman–Crippen MR) is 76.1 cm³/mol. The summed E-state index contributed by atoms with van der Waals surface area (Å²) in [6.45, 7) is 4.28. The zero-order valence-electron chi connectivity index (χ0n) is 10.9. The maximum atomic E-state index is 6.39. The maximum Gasteiger partial charge on any atom is 0.114 e. The van der Waals surface area contributed by atoms with Gasteiger partial charge in [-0.05, 0) is 49.8 Å². The Morgan fingerprint density at radius 3 is 2.89 bits per heavy atom. The van der Waals surface area contributed by atoms with E-state index in [2.05, 4.69) is 32.0 Å². The molecular formula is C15H18N2S. The van der Waals surface area contributed by atoms with E-state index in [1.807, 2.05) is 0 Å². The minimum absolute atomic E-state index is 0.0690. The summed E-state index contributed by atoms with van der Waals surface area (Å²) in [7, 11) is 0. The number of aromatic nitrogens is 1. The highest BCUT2D eigenvalue weighted by Gasteiger charge is 2.21. The predicted octanol–water partition coefficient (Wildman–Crippen LogP) is 3.30. The minimum Gasteiger partial charge on any atom is -0.318 e. The number of thiazole rings is 1. The maximum absolute atomic E-state index is 6.39. The van der Waals surface area contributed by atoms with Crippen LogP contribution in [0, 0.1) is 13.8 Å². The summed E-state index contributed by atoms with van der Waals surface area (Å²) in [4.78, 5) is 6.18. The molecule has 1 atom stereocenters. The first-order chi connectivity index (χ1) is 8.66. The summed E-state index contributed by atoms with van der Waals surface area (Å²) in [5, 5.41) is 1.08. The Hall–Kier alpha value is -1.19. The molecule has 0 saturated heterocycles. The second-order valence-corrected chi connectivity index (χ2v) is 6.16. The number of nitrogens with two attached hydrogens (primary N) is 1. The van der Waals surface area contributed by atoms with E-state index in [-0.39, 0.29) is 6.04 Å². The molecule has 1 heterocycles. The van der Waals surface area contributed by atoms with Crippen molar-refractivity contribution in [3.63, 3.8) is 0 Å². The lowest BCUT2D eigenvalue weighted by Gasteiger charge is -2.14. The van der Waals surface area contributed by atoms with E-state index >= 15 is 0 Å². The van der Waals surface area contributed by atoms with Crippen LogP contribution in [0.25, 0.3) is 0 Å². The summed E-state index contributed by atoms with van der Waals surface area (Å²) in [5.74, 6) is 0. The molecule has 3 heteroatoms. The zero-order chi connectivity index (χ0) is 12.7. The third-order valence-corrected chi connectivity index (χ3v) is 5.10. The monoisotopic (exact) mass is 258 g/mol. The summed E-state index contributed by atoms with van der Waals surface area (Å²) in [5.41, 5.74) is 11.5. The van der Waals surface area contributed by atoms with Crippen LogP contribution in [0.3, 0.4) is 0 Å². The molecule has 1 aromatic carbocycles. The smallest absolute Gasteiger partial charge is 0.114 e. The zero-order valence-corrected chi connectivity index (χ0v) is 11.7. The molecular weight excluding hydrogens is 240 g/mol. The van der Waals surface area contributed by atoms with Crippen molar-refractivity contribution < 1.29 is 0 Å². The van der Waals surface area contributed by atoms with Crippen LogP contribution < -0.4 is 5.73 Å². The quantitative estimate of drug-likeness (QED) is 0.897. The molecule has 0 radical (unpaired) electrons. The van der Waals surface area contributed by atoms with Crippen LogP contribution in [0.4, 0.5) is 0 Å². The highest BCUT2D eigenvalue weighted by molar-refractivity contribution is 7.11. The number of hydrogen-bond acceptors (Lipinski definition) is 3. The molecule has 2 N–H and O–H groups in total. The van der Waals surface area contributed by atoms with Crippen molar-refractivity contribution >= 4 is 11.3 Å². The van der Waals surface area contributed by atoms with E-state index in [4.69, 9.17) is 10.7 Å². The molecule has 2 nitrogen and oxygen atoms in total. The van der Waals surface area contributed by atoms with Gasteiger partial charge in [0.25, 0.3) is 0 Å². The molecule has 1 aliphatic carbocycles. The van der Waals surface area contributed by atoms with Gasteiger partial charge in [0.2, 0.25) is 0 Å². The van der Waals surface area contributed by atoms with Crippen molar-refractivity contribution in [2.75, 3.05) is 0 Å². The van der Waals surface area contributed by atoms with Crippen molar-refractivity contribution in [2.45, 2.75) is 39.2 Å². The van der Waals surface area contributed by atoms with Gasteiger partial charge in [-0.25, -0.2) is 4.98 Å². The molecule has 0 spiro atoms. The van der Waals surface area contributed by atoms with E-state index in [1.54, 1.807) is 11.3 Å². The molecule has 1 unspecified atom stereocenters. The van der Waals surface area contributed by atoms with Gasteiger partial charge in [0.05, 0.1) is 11.7 Å². The highest BCUT2D eigenvalue weighted by atomic mass is 32.1. The average Bonchev–Trinajstić information content (AvgIpc) is 2.92. The third kappa shape index (κ3) is 1.88. The highest BCUT2D eigenvalue weighted by Crippen LogP contribution is 2.33. The van der Waals surface area contributed by atoms with Crippen molar-refractivity contribution in [3.05, 3.63) is 50.5 Å². The first-order valence-electron chi connectivity index (χ1n) is 6.47. The Morgan fingerprint density at radius 2 is 2.11 bits per heavy atom. The normalized spacial score (nSPS) is 15.7. The second-order valence-electron chi connectivity index (χ2n) is 5.04. The van der Waals surface area contributed by atoms with Gasteiger partial charge in [0.1, 0.15) is 5.01 Å². The van der Waals surface area contributed by atoms with Crippen molar-refractivity contribution in [3.8, 4) is 0 Å². The molecule has 0 fully saturated rings. The van der Waals surface area contributed by atoms with Gasteiger partial charge < -0.3 is 5.73 Å². The van der Waals surface area contributed by atoms with Gasteiger partial charge in [-0.15, -0.1) is 11.3 Å². The van der Waals surface area contributed by atoms with Crippen molar-refractivity contribution in [1.82, 2.24) is 4.98 Å². The third-order valence-electron chi connectivity index (χ3n) is 3.86. The van der Waals surface area contributed by atoms with E-state index in [0.717, 1.165) is 11.4 Å². The lowest BCUT2D eigenvalue weighted by Crippen LogP contribution is -2.13. The van der Waals surface area contributed by atoms with Gasteiger partial charge in [0, 0.05) is 4.88 Å². The van der Waals surface area contributed by atoms with E-state index in [0.29, 0.717) is 0 Å². The Morgan fingerprint density at radius 1 is 1.28 bits per heavy atom. The first kappa shape index (κ1) is 11.9. The molecule has 2 aromatic rings. The molecule has 1 aromatic heterocycles. The first-order valence-corrected chi connectivity index (χ1v) is 7.28. The largest absolute Gasteiger partial charge is 0.318 e. The Labute approximate surface area is 112 Å². The van der Waals surface area contributed by atoms with Gasteiger partial charge >= 0.3 is 0 Å². The molecule has 18 heavy (non-hydrogen) atoms. The lowest BCUT2D eigenvalue weighted by atomic mass is 9.98. The van der Waals surface area contributed by atoms with Gasteiger partial charge in [-0.1, -0.05) is 18.2 Å². The fourth-order valence-corrected chi connectivity index (χ4v) is 3.76. The van der Waals surface area contributed by atoms with Crippen LogP contribution in [0.15, 0.2) is 18.2 Å². The van der Waals surface area contributed by atoms with Crippen LogP contribution >= 0.6 is 11.3 Å². The van der Waals surface area contributed by atoms with Crippen LogP contribution in [0.1, 0.15) is 44.7 Å². The van der Waals surface area contributed by atoms with Gasteiger partial charge in [-0.3, -0.25) is 0 Å². The summed E-state index contributed by atoms with van der Waals surface area (Å²) < 4.78 is 0. The number of fused-ring (bicyclic) bond motifs is 1. The number of aryl methyl sites for hydroxylation is 3. The van der Waals surface area contributed by atoms with Crippen LogP contribution in [-0.2, 0) is 12.8 Å². The minimum atomic E-state index is -0.0690. The summed E-state index contributed by atoms with van der Waals surface area (Å²) in [6.07, 6.45) is 3.57. The molecule has 0 aliphatic heterocycles. The van der Waals surface area contributed by atoms with Crippen LogP contribution in [0.2, 0.25) is 0 Å². The number of nitrogens with zero attached hydrogens (tertiary/aromatic N) is 1. The molecule has 0 saturated carbocycles. The average molecular weight is 258 g/mol. The molecule has 94 valence electrons. The lowest BCUT2D eigenvalue weighted by molar-refractivity contribution is 0.826. The van der Waals surface area contributed by atoms with Gasteiger partial charge in [0.15, 0.2) is 0 Å². The Balaban J connectivity index is 1.98. The Bertz CT molecular complexity index is 565. The summed E-state index contributed by atoms with van der Waals surface area (Å²) in [6, 6.07) is 6.27. The fraction of sp³-hybridized carbons (Fsp3) is 0.400. The van der Waals surface area contributed by atoms with E-state index in [1.165, 1.54) is 40.1 Å². The summed E-state index contributed by atoms with van der Waals surface area (Å²) >= 11 is 1.80. The van der Waals surface area contributed by atoms with E-state index in [9.17, 15) is 0 Å². The van der Waals surface area contributed by atoms with Crippen LogP contribution in [0.5, 0.6) is 0 Å². The Kier molecular flexibility index (Phi) is 2.96. The van der Waals surface area contributed by atoms with Crippen molar-refractivity contribution in [2.24, 2.45) is 5.73 Å².